The summed E-state index contributed by atoms with van der Waals surface area (Å²) in [6, 6.07) is 14.5. The number of imidazole rings is 1. The SMILES string of the molecule is Cc1cccc(C)c1-n1cc(Br)nc1-c1cccc(Br)c1. The first-order chi connectivity index (χ1) is 10.1. The fraction of sp³-hybridized carbons (Fsp3) is 0.118. The third kappa shape index (κ3) is 2.83. The predicted molar refractivity (Wildman–Crippen MR) is 93.9 cm³/mol. The van der Waals surface area contributed by atoms with Gasteiger partial charge in [0.2, 0.25) is 0 Å². The zero-order chi connectivity index (χ0) is 15.0. The van der Waals surface area contributed by atoms with Crippen LogP contribution in [0, 0.1) is 13.8 Å². The monoisotopic (exact) mass is 404 g/mol. The Balaban J connectivity index is 2.26. The molecule has 0 amide bonds. The Morgan fingerprint density at radius 1 is 0.952 bits per heavy atom. The molecular weight excluding hydrogens is 392 g/mol. The van der Waals surface area contributed by atoms with Crippen LogP contribution in [0.5, 0.6) is 0 Å². The van der Waals surface area contributed by atoms with Crippen LogP contribution in [-0.2, 0) is 0 Å². The van der Waals surface area contributed by atoms with Gasteiger partial charge >= 0.3 is 0 Å². The highest BCUT2D eigenvalue weighted by molar-refractivity contribution is 9.10. The number of hydrogen-bond acceptors (Lipinski definition) is 1. The molecule has 3 rings (SSSR count). The maximum absolute atomic E-state index is 4.64. The molecule has 0 aliphatic carbocycles. The van der Waals surface area contributed by atoms with E-state index in [4.69, 9.17) is 0 Å². The van der Waals surface area contributed by atoms with Crippen LogP contribution in [0.2, 0.25) is 0 Å². The van der Waals surface area contributed by atoms with E-state index in [0.29, 0.717) is 0 Å². The number of para-hydroxylation sites is 1. The Kier molecular flexibility index (Phi) is 4.00. The first kappa shape index (κ1) is 14.5. The molecule has 2 aromatic carbocycles. The molecule has 3 aromatic rings. The van der Waals surface area contributed by atoms with Crippen LogP contribution in [-0.4, -0.2) is 9.55 Å². The van der Waals surface area contributed by atoms with E-state index < -0.39 is 0 Å². The molecule has 0 radical (unpaired) electrons. The number of nitrogens with zero attached hydrogens (tertiary/aromatic N) is 2. The molecule has 1 heterocycles. The summed E-state index contributed by atoms with van der Waals surface area (Å²) in [6.07, 6.45) is 2.02. The fourth-order valence-corrected chi connectivity index (χ4v) is 3.31. The Hall–Kier alpha value is -1.39. The molecule has 1 aromatic heterocycles. The Bertz CT molecular complexity index is 786. The molecule has 0 fully saturated rings. The molecule has 106 valence electrons. The van der Waals surface area contributed by atoms with Crippen molar-refractivity contribution in [3.63, 3.8) is 0 Å². The van der Waals surface area contributed by atoms with Crippen molar-refractivity contribution in [3.05, 3.63) is 68.9 Å². The van der Waals surface area contributed by atoms with Crippen molar-refractivity contribution in [2.45, 2.75) is 13.8 Å². The normalized spacial score (nSPS) is 10.9. The molecule has 2 nitrogen and oxygen atoms in total. The van der Waals surface area contributed by atoms with Crippen molar-refractivity contribution >= 4 is 31.9 Å². The lowest BCUT2D eigenvalue weighted by atomic mass is 10.1. The smallest absolute Gasteiger partial charge is 0.145 e. The molecule has 0 unspecified atom stereocenters. The van der Waals surface area contributed by atoms with Gasteiger partial charge in [-0.2, -0.15) is 0 Å². The van der Waals surface area contributed by atoms with Crippen LogP contribution >= 0.6 is 31.9 Å². The molecule has 4 heteroatoms. The van der Waals surface area contributed by atoms with E-state index in [9.17, 15) is 0 Å². The van der Waals surface area contributed by atoms with Gasteiger partial charge in [0.05, 0.1) is 5.69 Å². The maximum Gasteiger partial charge on any atom is 0.145 e. The Labute approximate surface area is 141 Å². The van der Waals surface area contributed by atoms with Gasteiger partial charge in [-0.3, -0.25) is 4.57 Å². The van der Waals surface area contributed by atoms with Gasteiger partial charge in [0.15, 0.2) is 0 Å². The number of rotatable bonds is 2. The highest BCUT2D eigenvalue weighted by atomic mass is 79.9. The largest absolute Gasteiger partial charge is 0.298 e. The third-order valence-corrected chi connectivity index (χ3v) is 4.32. The number of benzene rings is 2. The number of aromatic nitrogens is 2. The topological polar surface area (TPSA) is 17.8 Å². The zero-order valence-corrected chi connectivity index (χ0v) is 14.9. The van der Waals surface area contributed by atoms with E-state index in [0.717, 1.165) is 20.5 Å². The second kappa shape index (κ2) is 5.78. The average molecular weight is 406 g/mol. The van der Waals surface area contributed by atoms with Crippen molar-refractivity contribution in [2.24, 2.45) is 0 Å². The van der Waals surface area contributed by atoms with Gasteiger partial charge in [0, 0.05) is 16.2 Å². The number of aryl methyl sites for hydroxylation is 2. The lowest BCUT2D eigenvalue weighted by Gasteiger charge is -2.13. The zero-order valence-electron chi connectivity index (χ0n) is 11.8. The van der Waals surface area contributed by atoms with Gasteiger partial charge in [-0.1, -0.05) is 46.3 Å². The second-order valence-electron chi connectivity index (χ2n) is 5.01. The first-order valence-corrected chi connectivity index (χ1v) is 8.22. The van der Waals surface area contributed by atoms with Crippen molar-refractivity contribution < 1.29 is 0 Å². The van der Waals surface area contributed by atoms with Gasteiger partial charge < -0.3 is 0 Å². The molecule has 0 N–H and O–H groups in total. The molecular formula is C17H14Br2N2. The molecule has 0 spiro atoms. The fourth-order valence-electron chi connectivity index (χ4n) is 2.54. The van der Waals surface area contributed by atoms with E-state index in [1.807, 2.05) is 18.3 Å². The van der Waals surface area contributed by atoms with Crippen molar-refractivity contribution in [2.75, 3.05) is 0 Å². The van der Waals surface area contributed by atoms with Gasteiger partial charge in [0.1, 0.15) is 10.4 Å². The minimum Gasteiger partial charge on any atom is -0.298 e. The molecule has 0 bridgehead atoms. The van der Waals surface area contributed by atoms with Gasteiger partial charge in [0.25, 0.3) is 0 Å². The summed E-state index contributed by atoms with van der Waals surface area (Å²) in [6.45, 7) is 4.25. The van der Waals surface area contributed by atoms with Crippen LogP contribution in [0.3, 0.4) is 0 Å². The third-order valence-electron chi connectivity index (χ3n) is 3.44. The molecule has 0 saturated carbocycles. The maximum atomic E-state index is 4.64. The lowest BCUT2D eigenvalue weighted by molar-refractivity contribution is 1.03. The minimum absolute atomic E-state index is 0.833. The van der Waals surface area contributed by atoms with Crippen LogP contribution in [0.25, 0.3) is 17.1 Å². The van der Waals surface area contributed by atoms with E-state index in [1.54, 1.807) is 0 Å². The molecule has 21 heavy (non-hydrogen) atoms. The molecule has 0 aliphatic rings. The summed E-state index contributed by atoms with van der Waals surface area (Å²) in [5, 5.41) is 0. The summed E-state index contributed by atoms with van der Waals surface area (Å²) in [5.74, 6) is 0.931. The summed E-state index contributed by atoms with van der Waals surface area (Å²) in [7, 11) is 0. The van der Waals surface area contributed by atoms with E-state index >= 15 is 0 Å². The lowest BCUT2D eigenvalue weighted by Crippen LogP contribution is -2.01. The van der Waals surface area contributed by atoms with Gasteiger partial charge in [-0.05, 0) is 53.0 Å². The summed E-state index contributed by atoms with van der Waals surface area (Å²) >= 11 is 7.03. The summed E-state index contributed by atoms with van der Waals surface area (Å²) < 4.78 is 4.03. The van der Waals surface area contributed by atoms with E-state index in [-0.39, 0.29) is 0 Å². The number of hydrogen-bond donors (Lipinski definition) is 0. The molecule has 0 atom stereocenters. The first-order valence-electron chi connectivity index (χ1n) is 6.63. The van der Waals surface area contributed by atoms with E-state index in [2.05, 4.69) is 85.6 Å². The summed E-state index contributed by atoms with van der Waals surface area (Å²) in [4.78, 5) is 4.64. The number of halogens is 2. The van der Waals surface area contributed by atoms with Crippen LogP contribution in [0.1, 0.15) is 11.1 Å². The van der Waals surface area contributed by atoms with Crippen molar-refractivity contribution in [3.8, 4) is 17.1 Å². The highest BCUT2D eigenvalue weighted by Gasteiger charge is 2.14. The van der Waals surface area contributed by atoms with Crippen molar-refractivity contribution in [1.82, 2.24) is 9.55 Å². The minimum atomic E-state index is 0.833. The second-order valence-corrected chi connectivity index (χ2v) is 6.74. The van der Waals surface area contributed by atoms with Crippen LogP contribution in [0.15, 0.2) is 57.7 Å². The predicted octanol–water partition coefficient (Wildman–Crippen LogP) is 5.68. The van der Waals surface area contributed by atoms with Gasteiger partial charge in [-0.25, -0.2) is 4.98 Å². The van der Waals surface area contributed by atoms with Crippen LogP contribution in [0.4, 0.5) is 0 Å². The van der Waals surface area contributed by atoms with Crippen molar-refractivity contribution in [1.29, 1.82) is 0 Å². The quantitative estimate of drug-likeness (QED) is 0.536. The Morgan fingerprint density at radius 2 is 1.62 bits per heavy atom. The standard InChI is InChI=1S/C17H14Br2N2/c1-11-5-3-6-12(2)16(11)21-10-15(19)20-17(21)13-7-4-8-14(18)9-13/h3-10H,1-2H3. The van der Waals surface area contributed by atoms with Crippen LogP contribution < -0.4 is 0 Å². The average Bonchev–Trinajstić information content (AvgIpc) is 2.80. The molecule has 0 aliphatic heterocycles. The molecule has 0 saturated heterocycles. The van der Waals surface area contributed by atoms with E-state index in [1.165, 1.54) is 16.8 Å². The van der Waals surface area contributed by atoms with Gasteiger partial charge in [-0.15, -0.1) is 0 Å². The summed E-state index contributed by atoms with van der Waals surface area (Å²) in [5.41, 5.74) is 4.73. The Morgan fingerprint density at radius 3 is 2.29 bits per heavy atom. The highest BCUT2D eigenvalue weighted by Crippen LogP contribution is 2.29.